The maximum Gasteiger partial charge on any atom is 0.315 e. The number of nitrogens with two attached hydrogens (primary N) is 6. The van der Waals surface area contributed by atoms with Crippen molar-refractivity contribution in [2.45, 2.75) is 403 Å². The summed E-state index contributed by atoms with van der Waals surface area (Å²) in [5.74, 6) is -6.66. The summed E-state index contributed by atoms with van der Waals surface area (Å²) >= 11 is 1.16. The molecule has 0 aliphatic carbocycles. The third kappa shape index (κ3) is 61.1. The average Bonchev–Trinajstić information content (AvgIpc) is 0.860. The van der Waals surface area contributed by atoms with Crippen LogP contribution in [-0.2, 0) is 52.6 Å². The van der Waals surface area contributed by atoms with Gasteiger partial charge in [-0.2, -0.15) is 11.8 Å². The van der Waals surface area contributed by atoms with E-state index in [2.05, 4.69) is 58.0 Å². The quantitative estimate of drug-likeness (QED) is 0.0199. The molecule has 9 amide bonds. The van der Waals surface area contributed by atoms with Gasteiger partial charge in [-0.15, -0.1) is 0 Å². The Morgan fingerprint density at radius 1 is 0.318 bits per heavy atom. The van der Waals surface area contributed by atoms with Crippen LogP contribution in [0, 0.1) is 0 Å². The highest BCUT2D eigenvalue weighted by Gasteiger charge is 2.34. The van der Waals surface area contributed by atoms with Gasteiger partial charge in [-0.05, 0) is 122 Å². The van der Waals surface area contributed by atoms with Crippen LogP contribution in [0.15, 0.2) is 0 Å². The lowest BCUT2D eigenvalue weighted by molar-refractivity contribution is -0.157. The van der Waals surface area contributed by atoms with Crippen molar-refractivity contribution in [1.82, 2.24) is 37.2 Å². The number of urea groups is 1. The van der Waals surface area contributed by atoms with Crippen molar-refractivity contribution >= 4 is 71.1 Å². The van der Waals surface area contributed by atoms with Crippen molar-refractivity contribution in [3.63, 3.8) is 0 Å². The van der Waals surface area contributed by atoms with Crippen LogP contribution in [0.1, 0.15) is 361 Å². The van der Waals surface area contributed by atoms with Gasteiger partial charge >= 0.3 is 18.0 Å². The second-order valence-corrected chi connectivity index (χ2v) is 30.8. The van der Waals surface area contributed by atoms with E-state index in [4.69, 9.17) is 43.9 Å². The third-order valence-corrected chi connectivity index (χ3v) is 20.8. The van der Waals surface area contributed by atoms with E-state index in [0.717, 1.165) is 82.4 Å². The number of carbonyl (C=O) groups excluding carboxylic acids is 10. The molecule has 0 aliphatic heterocycles. The number of ether oxygens (including phenoxy) is 2. The number of esters is 2. The second-order valence-electron chi connectivity index (χ2n) is 29.7. The smallest absolute Gasteiger partial charge is 0.315 e. The van der Waals surface area contributed by atoms with E-state index in [0.29, 0.717) is 90.3 Å². The summed E-state index contributed by atoms with van der Waals surface area (Å²) in [5.41, 5.74) is 34.6. The standard InChI is InChI=1S/C81H157N13O12S/c1-4-7-10-13-16-19-22-25-27-30-33-36-39-54-73(96)105-62-65(106-74(97)55-40-37-34-31-28-26-23-20-17-14-11-8-5-2)63-107-64-71(94-81(104)88-60-49-38-35-32-29-24-21-18-15-12-9-6-3)80(103)93-70(61-72(86)95)79(102)92-69(53-44-48-59-85)78(101)91-68(52-43-47-58-84)77(100)90-67(51-42-46-57-83)76(99)89-66(75(87)98)50-41-45-56-82/h65-71H,4-64,82-85H2,1-3H3,(H2,86,95)(H2,87,98)(H,89,99)(H,90,100)(H,91,101)(H,92,102)(H,93,103)(H2,88,94,104)/t65?,66-,67-,68-,69-,70-,71-/m0/s1. The molecule has 19 N–H and O–H groups in total. The number of amides is 9. The molecule has 26 heteroatoms. The Morgan fingerprint density at radius 2 is 0.617 bits per heavy atom. The average molecular weight is 1540 g/mol. The van der Waals surface area contributed by atoms with Gasteiger partial charge in [0.1, 0.15) is 49.0 Å². The molecule has 0 aromatic heterocycles. The lowest BCUT2D eigenvalue weighted by Gasteiger charge is -2.27. The summed E-state index contributed by atoms with van der Waals surface area (Å²) in [6, 6.07) is -8.50. The molecule has 0 fully saturated rings. The summed E-state index contributed by atoms with van der Waals surface area (Å²) in [6.45, 7) is 8.00. The van der Waals surface area contributed by atoms with Crippen molar-refractivity contribution in [2.75, 3.05) is 50.8 Å². The van der Waals surface area contributed by atoms with Crippen molar-refractivity contribution in [3.05, 3.63) is 0 Å². The fraction of sp³-hybridized carbons (Fsp3) is 0.877. The van der Waals surface area contributed by atoms with Crippen molar-refractivity contribution in [2.24, 2.45) is 34.4 Å². The molecule has 107 heavy (non-hydrogen) atoms. The van der Waals surface area contributed by atoms with Crippen LogP contribution < -0.4 is 71.6 Å². The number of rotatable bonds is 78. The molecule has 0 rings (SSSR count). The summed E-state index contributed by atoms with van der Waals surface area (Å²) in [6.07, 6.45) is 46.7. The van der Waals surface area contributed by atoms with E-state index < -0.39 is 108 Å². The molecule has 0 saturated heterocycles. The Kier molecular flexibility index (Phi) is 69.8. The van der Waals surface area contributed by atoms with Crippen LogP contribution in [0.2, 0.25) is 0 Å². The summed E-state index contributed by atoms with van der Waals surface area (Å²) in [4.78, 5) is 138. The fourth-order valence-corrected chi connectivity index (χ4v) is 13.9. The first kappa shape index (κ1) is 102. The van der Waals surface area contributed by atoms with E-state index >= 15 is 0 Å². The van der Waals surface area contributed by atoms with Gasteiger partial charge < -0.3 is 81.1 Å². The highest BCUT2D eigenvalue weighted by Crippen LogP contribution is 2.19. The minimum absolute atomic E-state index is 0.00596. The van der Waals surface area contributed by atoms with Gasteiger partial charge in [0.05, 0.1) is 6.42 Å². The Morgan fingerprint density at radius 3 is 0.963 bits per heavy atom. The molecule has 0 radical (unpaired) electrons. The molecule has 25 nitrogen and oxygen atoms in total. The topological polar surface area (TPSA) is 429 Å². The van der Waals surface area contributed by atoms with Crippen LogP contribution in [0.25, 0.3) is 0 Å². The number of hydrogen-bond donors (Lipinski definition) is 13. The van der Waals surface area contributed by atoms with E-state index in [1.54, 1.807) is 0 Å². The van der Waals surface area contributed by atoms with Gasteiger partial charge in [0.15, 0.2) is 0 Å². The lowest BCUT2D eigenvalue weighted by atomic mass is 10.0. The van der Waals surface area contributed by atoms with Crippen LogP contribution in [0.4, 0.5) is 4.79 Å². The van der Waals surface area contributed by atoms with Crippen LogP contribution >= 0.6 is 11.8 Å². The van der Waals surface area contributed by atoms with Gasteiger partial charge in [0.2, 0.25) is 41.4 Å². The molecule has 0 aliphatic rings. The monoisotopic (exact) mass is 1540 g/mol. The Hall–Kier alpha value is -5.31. The van der Waals surface area contributed by atoms with Gasteiger partial charge in [-0.25, -0.2) is 4.79 Å². The molecule has 0 aromatic rings. The zero-order chi connectivity index (χ0) is 79.0. The SMILES string of the molecule is CCCCCCCCCCCCCCCC(=O)OCC(CSC[C@H](NC(=O)NCCCCCCCCCCCCCC)C(=O)N[C@@H](CC(N)=O)C(=O)N[C@@H](CCCCN)C(=O)N[C@@H](CCCCN)C(=O)N[C@@H](CCCCN)C(=O)N[C@@H](CCCCN)C(N)=O)OC(=O)CCCCCCCCCCCCCCC. The van der Waals surface area contributed by atoms with E-state index in [-0.39, 0.29) is 69.7 Å². The minimum Gasteiger partial charge on any atom is -0.462 e. The molecule has 0 spiro atoms. The molecule has 0 aromatic carbocycles. The number of hydrogen-bond acceptors (Lipinski definition) is 17. The Labute approximate surface area is 651 Å². The Balaban J connectivity index is 6.80. The third-order valence-electron chi connectivity index (χ3n) is 19.6. The predicted molar refractivity (Wildman–Crippen MR) is 434 cm³/mol. The number of unbranched alkanes of at least 4 members (excludes halogenated alkanes) is 39. The van der Waals surface area contributed by atoms with Crippen LogP contribution in [-0.4, -0.2) is 153 Å². The maximum absolute atomic E-state index is 14.7. The zero-order valence-electron chi connectivity index (χ0n) is 67.4. The van der Waals surface area contributed by atoms with E-state index in [1.807, 2.05) is 0 Å². The van der Waals surface area contributed by atoms with Crippen molar-refractivity contribution in [3.8, 4) is 0 Å². The van der Waals surface area contributed by atoms with Crippen LogP contribution in [0.5, 0.6) is 0 Å². The second kappa shape index (κ2) is 73.5. The zero-order valence-corrected chi connectivity index (χ0v) is 68.3. The van der Waals surface area contributed by atoms with Gasteiger partial charge in [-0.1, -0.05) is 245 Å². The first-order chi connectivity index (χ1) is 51.9. The first-order valence-corrected chi connectivity index (χ1v) is 43.9. The molecule has 0 saturated carbocycles. The summed E-state index contributed by atoms with van der Waals surface area (Å²) in [7, 11) is 0. The number of thioether (sulfide) groups is 1. The first-order valence-electron chi connectivity index (χ1n) is 42.8. The van der Waals surface area contributed by atoms with E-state index in [1.165, 1.54) is 154 Å². The van der Waals surface area contributed by atoms with E-state index in [9.17, 15) is 47.9 Å². The molecule has 624 valence electrons. The molecular formula is C81H157N13O12S. The molecular weight excluding hydrogens is 1380 g/mol. The van der Waals surface area contributed by atoms with Crippen LogP contribution in [0.3, 0.4) is 0 Å². The minimum atomic E-state index is -1.67. The van der Waals surface area contributed by atoms with Crippen molar-refractivity contribution in [1.29, 1.82) is 0 Å². The van der Waals surface area contributed by atoms with Gasteiger partial charge in [0, 0.05) is 30.9 Å². The predicted octanol–water partition coefficient (Wildman–Crippen LogP) is 11.8. The molecule has 1 unspecified atom stereocenters. The molecule has 7 atom stereocenters. The largest absolute Gasteiger partial charge is 0.462 e. The fourth-order valence-electron chi connectivity index (χ4n) is 12.9. The molecule has 0 heterocycles. The van der Waals surface area contributed by atoms with Gasteiger partial charge in [-0.3, -0.25) is 43.2 Å². The van der Waals surface area contributed by atoms with Gasteiger partial charge in [0.25, 0.3) is 0 Å². The van der Waals surface area contributed by atoms with Crippen molar-refractivity contribution < 1.29 is 57.4 Å². The highest BCUT2D eigenvalue weighted by molar-refractivity contribution is 7.99. The number of carbonyl (C=O) groups is 10. The normalized spacial score (nSPS) is 13.3. The maximum atomic E-state index is 14.7. The number of primary amides is 2. The summed E-state index contributed by atoms with van der Waals surface area (Å²) < 4.78 is 11.8. The number of nitrogens with one attached hydrogen (secondary N) is 7. The highest BCUT2D eigenvalue weighted by atomic mass is 32.2. The molecule has 0 bridgehead atoms. The summed E-state index contributed by atoms with van der Waals surface area (Å²) in [5, 5.41) is 19.1. The Bertz CT molecular complexity index is 2280. The lowest BCUT2D eigenvalue weighted by Crippen LogP contribution is -2.60.